The highest BCUT2D eigenvalue weighted by molar-refractivity contribution is 5.91. The van der Waals surface area contributed by atoms with E-state index in [1.54, 1.807) is 19.3 Å². The Bertz CT molecular complexity index is 1170. The van der Waals surface area contributed by atoms with Crippen molar-refractivity contribution in [3.05, 3.63) is 113 Å². The summed E-state index contributed by atoms with van der Waals surface area (Å²) in [6, 6.07) is 22.8. The quantitative estimate of drug-likeness (QED) is 0.345. The van der Waals surface area contributed by atoms with E-state index in [0.717, 1.165) is 27.8 Å². The summed E-state index contributed by atoms with van der Waals surface area (Å²) in [5.74, 6) is -0.0770. The topological polar surface area (TPSA) is 64.6 Å². The van der Waals surface area contributed by atoms with Crippen LogP contribution in [0.4, 0.5) is 0 Å². The second-order valence-corrected chi connectivity index (χ2v) is 7.82. The molecule has 0 unspecified atom stereocenters. The van der Waals surface area contributed by atoms with Gasteiger partial charge in [0.05, 0.1) is 13.7 Å². The molecule has 0 radical (unpaired) electrons. The zero-order valence-electron chi connectivity index (χ0n) is 19.7. The van der Waals surface area contributed by atoms with Gasteiger partial charge >= 0.3 is 5.97 Å². The Hall–Kier alpha value is -4.12. The molecule has 5 heteroatoms. The Morgan fingerprint density at radius 2 is 1.47 bits per heavy atom. The number of carbonyl (C=O) groups is 2. The van der Waals surface area contributed by atoms with Gasteiger partial charge < -0.3 is 14.8 Å². The summed E-state index contributed by atoms with van der Waals surface area (Å²) in [4.78, 5) is 25.0. The van der Waals surface area contributed by atoms with Gasteiger partial charge in [-0.3, -0.25) is 4.79 Å². The van der Waals surface area contributed by atoms with E-state index in [1.165, 1.54) is 12.2 Å². The number of hydrogen-bond acceptors (Lipinski definition) is 4. The minimum absolute atomic E-state index is 0.120. The van der Waals surface area contributed by atoms with E-state index in [0.29, 0.717) is 5.75 Å². The molecule has 5 nitrogen and oxygen atoms in total. The van der Waals surface area contributed by atoms with Gasteiger partial charge in [0.15, 0.2) is 0 Å². The molecule has 1 atom stereocenters. The van der Waals surface area contributed by atoms with Crippen LogP contribution in [0.3, 0.4) is 0 Å². The van der Waals surface area contributed by atoms with Crippen LogP contribution in [0.5, 0.6) is 5.75 Å². The zero-order chi connectivity index (χ0) is 24.3. The molecule has 34 heavy (non-hydrogen) atoms. The van der Waals surface area contributed by atoms with Crippen molar-refractivity contribution in [1.29, 1.82) is 0 Å². The number of benzene rings is 3. The predicted octanol–water partition coefficient (Wildman–Crippen LogP) is 5.44. The maximum Gasteiger partial charge on any atom is 0.331 e. The maximum absolute atomic E-state index is 12.6. The summed E-state index contributed by atoms with van der Waals surface area (Å²) in [5, 5.41) is 2.83. The second kappa shape index (κ2) is 12.2. The summed E-state index contributed by atoms with van der Waals surface area (Å²) in [7, 11) is 1.60. The first-order valence-corrected chi connectivity index (χ1v) is 11.1. The number of aryl methyl sites for hydroxylation is 1. The lowest BCUT2D eigenvalue weighted by molar-refractivity contribution is -0.143. The van der Waals surface area contributed by atoms with Crippen LogP contribution in [-0.4, -0.2) is 25.5 Å². The number of ether oxygens (including phenoxy) is 2. The van der Waals surface area contributed by atoms with Gasteiger partial charge in [0, 0.05) is 12.2 Å². The second-order valence-electron chi connectivity index (χ2n) is 7.82. The molecule has 0 aliphatic carbocycles. The maximum atomic E-state index is 12.6. The van der Waals surface area contributed by atoms with Crippen LogP contribution < -0.4 is 10.1 Å². The summed E-state index contributed by atoms with van der Waals surface area (Å²) in [6.07, 6.45) is 5.59. The molecule has 3 rings (SSSR count). The molecule has 0 saturated carbocycles. The van der Waals surface area contributed by atoms with Crippen molar-refractivity contribution in [1.82, 2.24) is 5.32 Å². The smallest absolute Gasteiger partial charge is 0.331 e. The molecule has 0 saturated heterocycles. The first-order chi connectivity index (χ1) is 16.5. The lowest BCUT2D eigenvalue weighted by atomic mass is 10.0. The molecule has 3 aromatic rings. The highest BCUT2D eigenvalue weighted by atomic mass is 16.5. The fourth-order valence-corrected chi connectivity index (χ4v) is 3.38. The van der Waals surface area contributed by atoms with Gasteiger partial charge in [0.25, 0.3) is 0 Å². The van der Waals surface area contributed by atoms with Crippen LogP contribution in [0, 0.1) is 13.8 Å². The van der Waals surface area contributed by atoms with Gasteiger partial charge in [-0.15, -0.1) is 0 Å². The minimum Gasteiger partial charge on any atom is -0.496 e. The highest BCUT2D eigenvalue weighted by Crippen LogP contribution is 2.28. The fraction of sp³-hybridized carbons (Fsp3) is 0.172. The van der Waals surface area contributed by atoms with Crippen LogP contribution >= 0.6 is 0 Å². The molecule has 0 aliphatic heterocycles. The molecule has 0 aromatic heterocycles. The monoisotopic (exact) mass is 455 g/mol. The molecule has 174 valence electrons. The number of esters is 1. The van der Waals surface area contributed by atoms with Crippen molar-refractivity contribution in [2.24, 2.45) is 0 Å². The Morgan fingerprint density at radius 3 is 2.06 bits per heavy atom. The van der Waals surface area contributed by atoms with E-state index in [1.807, 2.05) is 86.6 Å². The number of methoxy groups -OCH3 is 1. The fourth-order valence-electron chi connectivity index (χ4n) is 3.38. The Morgan fingerprint density at radius 1 is 0.882 bits per heavy atom. The number of hydrogen-bond donors (Lipinski definition) is 1. The van der Waals surface area contributed by atoms with Crippen LogP contribution in [0.1, 0.15) is 33.9 Å². The molecular weight excluding hydrogens is 426 g/mol. The van der Waals surface area contributed by atoms with Crippen molar-refractivity contribution in [2.75, 3.05) is 13.7 Å². The third-order valence-corrected chi connectivity index (χ3v) is 5.39. The number of nitrogens with one attached hydrogen (secondary N) is 1. The summed E-state index contributed by atoms with van der Waals surface area (Å²) < 4.78 is 11.2. The molecule has 0 spiro atoms. The number of amides is 1. The third-order valence-electron chi connectivity index (χ3n) is 5.39. The van der Waals surface area contributed by atoms with Gasteiger partial charge in [0.2, 0.25) is 5.91 Å². The number of carbonyl (C=O) groups excluding carboxylic acids is 2. The van der Waals surface area contributed by atoms with Crippen LogP contribution in [0.2, 0.25) is 0 Å². The van der Waals surface area contributed by atoms with Crippen molar-refractivity contribution in [3.8, 4) is 5.75 Å². The average Bonchev–Trinajstić information content (AvgIpc) is 2.86. The lowest BCUT2D eigenvalue weighted by Gasteiger charge is -2.20. The molecule has 0 bridgehead atoms. The molecule has 0 heterocycles. The average molecular weight is 456 g/mol. The van der Waals surface area contributed by atoms with E-state index in [2.05, 4.69) is 5.32 Å². The SMILES string of the molecule is COc1cc([C@H](CNC(=O)/C=C/c2ccccc2)OC(=O)/C=C/c2ccccc2)cc(C)c1C. The van der Waals surface area contributed by atoms with E-state index in [-0.39, 0.29) is 12.5 Å². The van der Waals surface area contributed by atoms with Gasteiger partial charge in [-0.05, 0) is 59.9 Å². The minimum atomic E-state index is -0.685. The van der Waals surface area contributed by atoms with E-state index in [4.69, 9.17) is 9.47 Å². The molecule has 0 aliphatic rings. The third kappa shape index (κ3) is 7.20. The lowest BCUT2D eigenvalue weighted by Crippen LogP contribution is -2.29. The van der Waals surface area contributed by atoms with Crippen molar-refractivity contribution < 1.29 is 19.1 Å². The van der Waals surface area contributed by atoms with E-state index >= 15 is 0 Å². The first-order valence-electron chi connectivity index (χ1n) is 11.1. The van der Waals surface area contributed by atoms with Crippen LogP contribution in [0.25, 0.3) is 12.2 Å². The molecular formula is C29H29NO4. The highest BCUT2D eigenvalue weighted by Gasteiger charge is 2.19. The summed E-state index contributed by atoms with van der Waals surface area (Å²) in [6.45, 7) is 4.06. The predicted molar refractivity (Wildman–Crippen MR) is 135 cm³/mol. The van der Waals surface area contributed by atoms with Crippen LogP contribution in [-0.2, 0) is 14.3 Å². The first kappa shape index (κ1) is 24.5. The molecule has 1 amide bonds. The van der Waals surface area contributed by atoms with Gasteiger partial charge in [-0.2, -0.15) is 0 Å². The Kier molecular flexibility index (Phi) is 8.81. The van der Waals surface area contributed by atoms with Crippen molar-refractivity contribution in [2.45, 2.75) is 20.0 Å². The van der Waals surface area contributed by atoms with E-state index in [9.17, 15) is 9.59 Å². The Balaban J connectivity index is 1.75. The standard InChI is InChI=1S/C29H29NO4/c1-21-18-25(19-26(33-3)22(21)2)27(34-29(32)17-15-24-12-8-5-9-13-24)20-30-28(31)16-14-23-10-6-4-7-11-23/h4-19,27H,20H2,1-3H3,(H,30,31)/b16-14+,17-15+/t27-/m0/s1. The van der Waals surface area contributed by atoms with E-state index < -0.39 is 12.1 Å². The zero-order valence-corrected chi connectivity index (χ0v) is 19.7. The molecule has 0 fully saturated rings. The largest absolute Gasteiger partial charge is 0.496 e. The Labute approximate surface area is 200 Å². The molecule has 3 aromatic carbocycles. The summed E-state index contributed by atoms with van der Waals surface area (Å²) >= 11 is 0. The van der Waals surface area contributed by atoms with Crippen LogP contribution in [0.15, 0.2) is 84.9 Å². The van der Waals surface area contributed by atoms with Gasteiger partial charge in [0.1, 0.15) is 11.9 Å². The van der Waals surface area contributed by atoms with Crippen molar-refractivity contribution in [3.63, 3.8) is 0 Å². The summed E-state index contributed by atoms with van der Waals surface area (Å²) in [5.41, 5.74) is 4.57. The van der Waals surface area contributed by atoms with Gasteiger partial charge in [-0.25, -0.2) is 4.79 Å². The number of rotatable bonds is 9. The molecule has 1 N–H and O–H groups in total. The van der Waals surface area contributed by atoms with Crippen molar-refractivity contribution >= 4 is 24.0 Å². The normalized spacial score (nSPS) is 12.0. The van der Waals surface area contributed by atoms with Gasteiger partial charge in [-0.1, -0.05) is 66.7 Å².